The number of rotatable bonds is 5. The lowest BCUT2D eigenvalue weighted by Crippen LogP contribution is -2.45. The molecule has 1 aliphatic carbocycles. The Bertz CT molecular complexity index is 460. The Labute approximate surface area is 119 Å². The summed E-state index contributed by atoms with van der Waals surface area (Å²) in [6.45, 7) is 2.79. The summed E-state index contributed by atoms with van der Waals surface area (Å²) in [5.74, 6) is -1.51. The minimum Gasteiger partial charge on any atom is -0.312 e. The van der Waals surface area contributed by atoms with Gasteiger partial charge in [0.1, 0.15) is 0 Å². The molecule has 20 heavy (non-hydrogen) atoms. The lowest BCUT2D eigenvalue weighted by atomic mass is 10.0. The van der Waals surface area contributed by atoms with Crippen molar-refractivity contribution >= 4 is 0 Å². The first-order valence-electron chi connectivity index (χ1n) is 7.64. The molecule has 1 heterocycles. The third-order valence-electron chi connectivity index (χ3n) is 4.34. The summed E-state index contributed by atoms with van der Waals surface area (Å²) in [6.07, 6.45) is 6.27. The number of benzene rings is 1. The molecule has 1 unspecified atom stereocenters. The highest BCUT2D eigenvalue weighted by atomic mass is 19.2. The minimum atomic E-state index is -0.764. The van der Waals surface area contributed by atoms with E-state index in [0.29, 0.717) is 12.6 Å². The van der Waals surface area contributed by atoms with Crippen LogP contribution in [0.15, 0.2) is 18.2 Å². The summed E-state index contributed by atoms with van der Waals surface area (Å²) >= 11 is 0. The summed E-state index contributed by atoms with van der Waals surface area (Å²) in [4.78, 5) is 2.41. The predicted octanol–water partition coefficient (Wildman–Crippen LogP) is 3.07. The van der Waals surface area contributed by atoms with Gasteiger partial charge in [0.05, 0.1) is 0 Å². The van der Waals surface area contributed by atoms with Crippen LogP contribution in [-0.4, -0.2) is 30.1 Å². The molecule has 0 amide bonds. The van der Waals surface area contributed by atoms with Gasteiger partial charge in [0.25, 0.3) is 0 Å². The molecular formula is C16H22F2N2. The van der Waals surface area contributed by atoms with Crippen LogP contribution in [0.3, 0.4) is 0 Å². The number of hydrogen-bond acceptors (Lipinski definition) is 2. The van der Waals surface area contributed by atoms with Gasteiger partial charge in [-0.2, -0.15) is 0 Å². The van der Waals surface area contributed by atoms with Crippen molar-refractivity contribution in [2.75, 3.05) is 13.1 Å². The van der Waals surface area contributed by atoms with Gasteiger partial charge in [-0.15, -0.1) is 0 Å². The van der Waals surface area contributed by atoms with E-state index in [4.69, 9.17) is 0 Å². The quantitative estimate of drug-likeness (QED) is 0.891. The third-order valence-corrected chi connectivity index (χ3v) is 4.34. The molecule has 0 bridgehead atoms. The maximum Gasteiger partial charge on any atom is 0.159 e. The lowest BCUT2D eigenvalue weighted by molar-refractivity contribution is 0.137. The van der Waals surface area contributed by atoms with Crippen LogP contribution < -0.4 is 5.32 Å². The number of halogens is 2. The first kappa shape index (κ1) is 14.0. The van der Waals surface area contributed by atoms with Gasteiger partial charge in [0.15, 0.2) is 11.6 Å². The van der Waals surface area contributed by atoms with Gasteiger partial charge < -0.3 is 5.32 Å². The van der Waals surface area contributed by atoms with Gasteiger partial charge in [-0.1, -0.05) is 12.5 Å². The zero-order valence-corrected chi connectivity index (χ0v) is 11.7. The number of nitrogens with one attached hydrogen (secondary N) is 1. The van der Waals surface area contributed by atoms with E-state index in [0.717, 1.165) is 24.7 Å². The Hall–Kier alpha value is -1.00. The largest absolute Gasteiger partial charge is 0.312 e. The topological polar surface area (TPSA) is 15.3 Å². The molecule has 1 aliphatic heterocycles. The Morgan fingerprint density at radius 3 is 2.70 bits per heavy atom. The van der Waals surface area contributed by atoms with Crippen LogP contribution in [0.2, 0.25) is 0 Å². The molecule has 0 radical (unpaired) electrons. The molecule has 1 N–H and O–H groups in total. The summed E-state index contributed by atoms with van der Waals surface area (Å²) < 4.78 is 26.3. The monoisotopic (exact) mass is 280 g/mol. The van der Waals surface area contributed by atoms with Crippen molar-refractivity contribution in [2.24, 2.45) is 0 Å². The highest BCUT2D eigenvalue weighted by Gasteiger charge is 2.26. The van der Waals surface area contributed by atoms with Gasteiger partial charge in [-0.05, 0) is 49.9 Å². The normalized spacial score (nSPS) is 24.0. The van der Waals surface area contributed by atoms with Crippen LogP contribution in [-0.2, 0) is 6.54 Å². The van der Waals surface area contributed by atoms with Gasteiger partial charge in [-0.3, -0.25) is 4.90 Å². The van der Waals surface area contributed by atoms with E-state index in [2.05, 4.69) is 10.2 Å². The smallest absolute Gasteiger partial charge is 0.159 e. The van der Waals surface area contributed by atoms with E-state index < -0.39 is 11.6 Å². The number of nitrogens with zero attached hydrogens (tertiary/aromatic N) is 1. The minimum absolute atomic E-state index is 0.525. The maximum absolute atomic E-state index is 13.3. The van der Waals surface area contributed by atoms with Crippen molar-refractivity contribution in [2.45, 2.75) is 50.7 Å². The molecule has 1 atom stereocenters. The van der Waals surface area contributed by atoms with Crippen molar-refractivity contribution in [1.82, 2.24) is 10.2 Å². The van der Waals surface area contributed by atoms with Crippen LogP contribution in [0.4, 0.5) is 8.78 Å². The summed E-state index contributed by atoms with van der Waals surface area (Å²) in [5.41, 5.74) is 0.863. The summed E-state index contributed by atoms with van der Waals surface area (Å²) in [5, 5.41) is 3.59. The zero-order chi connectivity index (χ0) is 13.9. The van der Waals surface area contributed by atoms with Gasteiger partial charge in [0.2, 0.25) is 0 Å². The van der Waals surface area contributed by atoms with Crippen LogP contribution in [0.5, 0.6) is 0 Å². The van der Waals surface area contributed by atoms with Gasteiger partial charge in [0, 0.05) is 25.2 Å². The zero-order valence-electron chi connectivity index (χ0n) is 11.7. The predicted molar refractivity (Wildman–Crippen MR) is 75.4 cm³/mol. The molecule has 4 heteroatoms. The third kappa shape index (κ3) is 3.55. The van der Waals surface area contributed by atoms with Crippen LogP contribution in [0.25, 0.3) is 0 Å². The van der Waals surface area contributed by atoms with Crippen LogP contribution >= 0.6 is 0 Å². The van der Waals surface area contributed by atoms with Gasteiger partial charge >= 0.3 is 0 Å². The van der Waals surface area contributed by atoms with E-state index in [-0.39, 0.29) is 0 Å². The Morgan fingerprint density at radius 2 is 1.95 bits per heavy atom. The second kappa shape index (κ2) is 6.19. The maximum atomic E-state index is 13.3. The molecule has 1 aromatic rings. The van der Waals surface area contributed by atoms with Crippen molar-refractivity contribution in [3.8, 4) is 0 Å². The molecule has 3 rings (SSSR count). The average molecular weight is 280 g/mol. The Balaban J connectivity index is 1.61. The Morgan fingerprint density at radius 1 is 1.10 bits per heavy atom. The van der Waals surface area contributed by atoms with Crippen molar-refractivity contribution < 1.29 is 8.78 Å². The molecule has 2 fully saturated rings. The molecule has 1 aromatic carbocycles. The molecule has 2 nitrogen and oxygen atoms in total. The first-order chi connectivity index (χ1) is 9.72. The van der Waals surface area contributed by atoms with E-state index >= 15 is 0 Å². The van der Waals surface area contributed by atoms with Crippen molar-refractivity contribution in [3.63, 3.8) is 0 Å². The highest BCUT2D eigenvalue weighted by Crippen LogP contribution is 2.23. The number of likely N-dealkylation sites (tertiary alicyclic amines) is 1. The molecular weight excluding hydrogens is 258 g/mol. The molecule has 1 saturated carbocycles. The average Bonchev–Trinajstić information content (AvgIpc) is 3.26. The number of piperidine rings is 1. The second-order valence-corrected chi connectivity index (χ2v) is 6.05. The molecule has 0 spiro atoms. The standard InChI is InChI=1S/C16H22F2N2/c17-15-7-4-12(9-16(15)18)11-20-8-2-1-3-14(20)10-19-13-5-6-13/h4,7,9,13-14,19H,1-3,5-6,8,10-11H2. The van der Waals surface area contributed by atoms with E-state index in [1.165, 1.54) is 44.2 Å². The SMILES string of the molecule is Fc1ccc(CN2CCCCC2CNC2CC2)cc1F. The molecule has 0 aromatic heterocycles. The van der Waals surface area contributed by atoms with E-state index in [1.54, 1.807) is 6.07 Å². The van der Waals surface area contributed by atoms with Crippen molar-refractivity contribution in [1.29, 1.82) is 0 Å². The molecule has 1 saturated heterocycles. The summed E-state index contributed by atoms with van der Waals surface area (Å²) in [7, 11) is 0. The number of hydrogen-bond donors (Lipinski definition) is 1. The molecule has 2 aliphatic rings. The Kier molecular flexibility index (Phi) is 4.32. The fraction of sp³-hybridized carbons (Fsp3) is 0.625. The fourth-order valence-corrected chi connectivity index (χ4v) is 2.96. The first-order valence-corrected chi connectivity index (χ1v) is 7.64. The second-order valence-electron chi connectivity index (χ2n) is 6.05. The van der Waals surface area contributed by atoms with Crippen LogP contribution in [0.1, 0.15) is 37.7 Å². The molecule has 110 valence electrons. The highest BCUT2D eigenvalue weighted by molar-refractivity contribution is 5.18. The van der Waals surface area contributed by atoms with Gasteiger partial charge in [-0.25, -0.2) is 8.78 Å². The lowest BCUT2D eigenvalue weighted by Gasteiger charge is -2.36. The fourth-order valence-electron chi connectivity index (χ4n) is 2.96. The van der Waals surface area contributed by atoms with Crippen molar-refractivity contribution in [3.05, 3.63) is 35.4 Å². The summed E-state index contributed by atoms with van der Waals surface area (Å²) in [6, 6.07) is 5.50. The van der Waals surface area contributed by atoms with Crippen LogP contribution in [0, 0.1) is 11.6 Å². The van der Waals surface area contributed by atoms with E-state index in [1.807, 2.05) is 0 Å². The van der Waals surface area contributed by atoms with E-state index in [9.17, 15) is 8.78 Å².